The van der Waals surface area contributed by atoms with Crippen LogP contribution in [0, 0.1) is 0 Å². The predicted molar refractivity (Wildman–Crippen MR) is 109 cm³/mol. The van der Waals surface area contributed by atoms with E-state index in [1.165, 1.54) is 11.1 Å². The van der Waals surface area contributed by atoms with Gasteiger partial charge in [0.05, 0.1) is 5.56 Å². The van der Waals surface area contributed by atoms with Crippen LogP contribution in [0.1, 0.15) is 61.7 Å². The number of fused-ring (bicyclic) bond motifs is 1. The highest BCUT2D eigenvalue weighted by atomic mass is 16.4. The Morgan fingerprint density at radius 3 is 2.23 bits per heavy atom. The Kier molecular flexibility index (Phi) is 4.39. The lowest BCUT2D eigenvalue weighted by atomic mass is 9.67. The number of allylic oxidation sites excluding steroid dienone is 3. The van der Waals surface area contributed by atoms with Gasteiger partial charge in [0.1, 0.15) is 0 Å². The zero-order valence-corrected chi connectivity index (χ0v) is 16.1. The molecule has 0 atom stereocenters. The first-order chi connectivity index (χ1) is 12.2. The summed E-state index contributed by atoms with van der Waals surface area (Å²) >= 11 is 0. The van der Waals surface area contributed by atoms with Crippen LogP contribution in [0.15, 0.2) is 54.6 Å². The highest BCUT2D eigenvalue weighted by molar-refractivity contribution is 5.96. The number of benzene rings is 2. The van der Waals surface area contributed by atoms with Crippen LogP contribution in [-0.2, 0) is 10.8 Å². The van der Waals surface area contributed by atoms with E-state index in [0.29, 0.717) is 5.56 Å². The molecule has 2 aromatic rings. The van der Waals surface area contributed by atoms with Gasteiger partial charge in [-0.25, -0.2) is 4.79 Å². The second kappa shape index (κ2) is 6.28. The monoisotopic (exact) mass is 346 g/mol. The van der Waals surface area contributed by atoms with Crippen molar-refractivity contribution < 1.29 is 9.90 Å². The standard InChI is InChI=1S/C24H26O2/c1-6-8-18-17(9-7-10-19(18)22(25)26)16-11-12-20-21(15-16)24(4,5)14-13-23(20,2)3/h6-15H,1-5H3,(H,25,26). The third-order valence-electron chi connectivity index (χ3n) is 5.31. The number of carboxylic acids is 1. The fourth-order valence-electron chi connectivity index (χ4n) is 3.75. The number of aromatic carboxylic acids is 1. The van der Waals surface area contributed by atoms with Gasteiger partial charge in [-0.2, -0.15) is 0 Å². The average molecular weight is 346 g/mol. The van der Waals surface area contributed by atoms with Gasteiger partial charge in [0.2, 0.25) is 0 Å². The van der Waals surface area contributed by atoms with Gasteiger partial charge in [-0.05, 0) is 46.9 Å². The summed E-state index contributed by atoms with van der Waals surface area (Å²) in [5.74, 6) is -0.901. The molecule has 0 heterocycles. The van der Waals surface area contributed by atoms with Crippen molar-refractivity contribution in [1.82, 2.24) is 0 Å². The minimum absolute atomic E-state index is 0.00154. The van der Waals surface area contributed by atoms with Crippen molar-refractivity contribution in [3.63, 3.8) is 0 Å². The lowest BCUT2D eigenvalue weighted by molar-refractivity contribution is 0.0696. The van der Waals surface area contributed by atoms with E-state index in [2.05, 4.69) is 58.0 Å². The molecular formula is C24H26O2. The van der Waals surface area contributed by atoms with Crippen LogP contribution in [0.2, 0.25) is 0 Å². The van der Waals surface area contributed by atoms with Crippen LogP contribution in [0.3, 0.4) is 0 Å². The van der Waals surface area contributed by atoms with E-state index < -0.39 is 5.97 Å². The molecule has 26 heavy (non-hydrogen) atoms. The molecule has 1 aliphatic carbocycles. The highest BCUT2D eigenvalue weighted by Crippen LogP contribution is 2.43. The number of hydrogen-bond acceptors (Lipinski definition) is 1. The Bertz CT molecular complexity index is 927. The van der Waals surface area contributed by atoms with E-state index in [4.69, 9.17) is 0 Å². The van der Waals surface area contributed by atoms with E-state index in [-0.39, 0.29) is 10.8 Å². The van der Waals surface area contributed by atoms with Crippen LogP contribution in [0.25, 0.3) is 17.2 Å². The smallest absolute Gasteiger partial charge is 0.336 e. The van der Waals surface area contributed by atoms with Gasteiger partial charge in [-0.1, -0.05) is 76.3 Å². The largest absolute Gasteiger partial charge is 0.478 e. The molecule has 1 N–H and O–H groups in total. The molecular weight excluding hydrogens is 320 g/mol. The maximum atomic E-state index is 11.7. The normalized spacial score (nSPS) is 17.3. The summed E-state index contributed by atoms with van der Waals surface area (Å²) in [5.41, 5.74) is 5.67. The molecule has 1 aliphatic rings. The topological polar surface area (TPSA) is 37.3 Å². The van der Waals surface area contributed by atoms with Crippen LogP contribution in [0.4, 0.5) is 0 Å². The molecule has 0 bridgehead atoms. The molecule has 0 saturated heterocycles. The van der Waals surface area contributed by atoms with Crippen molar-refractivity contribution in [2.75, 3.05) is 0 Å². The molecule has 3 rings (SSSR count). The Balaban J connectivity index is 2.26. The number of carbonyl (C=O) groups is 1. The quantitative estimate of drug-likeness (QED) is 0.671. The molecule has 0 spiro atoms. The second-order valence-electron chi connectivity index (χ2n) is 8.11. The van der Waals surface area contributed by atoms with Gasteiger partial charge in [0, 0.05) is 10.8 Å². The lowest BCUT2D eigenvalue weighted by Crippen LogP contribution is -2.28. The fraction of sp³-hybridized carbons (Fsp3) is 0.292. The SMILES string of the molecule is CC=Cc1c(C(=O)O)cccc1-c1ccc2c(c1)C(C)(C)C=CC2(C)C. The molecule has 0 radical (unpaired) electrons. The van der Waals surface area contributed by atoms with E-state index in [0.717, 1.165) is 16.7 Å². The summed E-state index contributed by atoms with van der Waals surface area (Å²) in [6, 6.07) is 12.0. The summed E-state index contributed by atoms with van der Waals surface area (Å²) in [6.07, 6.45) is 8.33. The van der Waals surface area contributed by atoms with E-state index in [1.54, 1.807) is 6.07 Å². The second-order valence-corrected chi connectivity index (χ2v) is 8.11. The summed E-state index contributed by atoms with van der Waals surface area (Å²) in [5, 5.41) is 9.56. The van der Waals surface area contributed by atoms with Gasteiger partial charge in [-0.3, -0.25) is 0 Å². The van der Waals surface area contributed by atoms with Crippen molar-refractivity contribution in [1.29, 1.82) is 0 Å². The average Bonchev–Trinajstić information content (AvgIpc) is 2.59. The molecule has 134 valence electrons. The molecule has 0 saturated carbocycles. The molecule has 2 nitrogen and oxygen atoms in total. The van der Waals surface area contributed by atoms with Crippen molar-refractivity contribution in [2.45, 2.75) is 45.4 Å². The summed E-state index contributed by atoms with van der Waals surface area (Å²) < 4.78 is 0. The van der Waals surface area contributed by atoms with Gasteiger partial charge >= 0.3 is 5.97 Å². The fourth-order valence-corrected chi connectivity index (χ4v) is 3.75. The first-order valence-corrected chi connectivity index (χ1v) is 9.02. The highest BCUT2D eigenvalue weighted by Gasteiger charge is 2.32. The van der Waals surface area contributed by atoms with Crippen molar-refractivity contribution in [3.05, 3.63) is 76.9 Å². The number of carboxylic acid groups (broad SMARTS) is 1. The predicted octanol–water partition coefficient (Wildman–Crippen LogP) is 6.21. The molecule has 0 amide bonds. The Morgan fingerprint density at radius 1 is 0.962 bits per heavy atom. The van der Waals surface area contributed by atoms with Crippen molar-refractivity contribution in [2.24, 2.45) is 0 Å². The lowest BCUT2D eigenvalue weighted by Gasteiger charge is -2.37. The van der Waals surface area contributed by atoms with Crippen LogP contribution in [-0.4, -0.2) is 11.1 Å². The molecule has 0 aliphatic heterocycles. The zero-order chi connectivity index (χ0) is 19.1. The minimum Gasteiger partial charge on any atom is -0.478 e. The number of rotatable bonds is 3. The first-order valence-electron chi connectivity index (χ1n) is 9.02. The van der Waals surface area contributed by atoms with Gasteiger partial charge < -0.3 is 5.11 Å². The van der Waals surface area contributed by atoms with E-state index >= 15 is 0 Å². The summed E-state index contributed by atoms with van der Waals surface area (Å²) in [6.45, 7) is 10.8. The summed E-state index contributed by atoms with van der Waals surface area (Å²) in [4.78, 5) is 11.7. The third kappa shape index (κ3) is 3.01. The maximum absolute atomic E-state index is 11.7. The molecule has 0 fully saturated rings. The van der Waals surface area contributed by atoms with Crippen LogP contribution >= 0.6 is 0 Å². The van der Waals surface area contributed by atoms with Crippen LogP contribution < -0.4 is 0 Å². The molecule has 0 aromatic heterocycles. The van der Waals surface area contributed by atoms with Crippen molar-refractivity contribution >= 4 is 12.0 Å². The Hall–Kier alpha value is -2.61. The van der Waals surface area contributed by atoms with Crippen molar-refractivity contribution in [3.8, 4) is 11.1 Å². The van der Waals surface area contributed by atoms with Crippen LogP contribution in [0.5, 0.6) is 0 Å². The first kappa shape index (κ1) is 18.2. The summed E-state index contributed by atoms with van der Waals surface area (Å²) in [7, 11) is 0. The number of hydrogen-bond donors (Lipinski definition) is 1. The van der Waals surface area contributed by atoms with E-state index in [9.17, 15) is 9.90 Å². The van der Waals surface area contributed by atoms with E-state index in [1.807, 2.05) is 31.2 Å². The van der Waals surface area contributed by atoms with Gasteiger partial charge in [0.25, 0.3) is 0 Å². The van der Waals surface area contributed by atoms with Gasteiger partial charge in [0.15, 0.2) is 0 Å². The molecule has 2 heteroatoms. The Morgan fingerprint density at radius 2 is 1.62 bits per heavy atom. The molecule has 2 aromatic carbocycles. The maximum Gasteiger partial charge on any atom is 0.336 e. The van der Waals surface area contributed by atoms with Gasteiger partial charge in [-0.15, -0.1) is 0 Å². The minimum atomic E-state index is -0.901. The molecule has 0 unspecified atom stereocenters. The zero-order valence-electron chi connectivity index (χ0n) is 16.1. The Labute approximate surface area is 155 Å². The third-order valence-corrected chi connectivity index (χ3v) is 5.31.